The molecule has 1 aliphatic heterocycles. The summed E-state index contributed by atoms with van der Waals surface area (Å²) in [7, 11) is 2.41. The molecule has 2 unspecified atom stereocenters. The maximum atomic E-state index is 12.3. The van der Waals surface area contributed by atoms with E-state index < -0.39 is 23.8 Å². The van der Waals surface area contributed by atoms with Crippen molar-refractivity contribution in [2.45, 2.75) is 12.3 Å². The number of nitrogens with one attached hydrogen (secondary N) is 1. The van der Waals surface area contributed by atoms with E-state index in [9.17, 15) is 14.9 Å². The first kappa shape index (κ1) is 17.2. The zero-order valence-corrected chi connectivity index (χ0v) is 13.2. The molecule has 0 aliphatic carbocycles. The first-order valence-corrected chi connectivity index (χ1v) is 7.12. The van der Waals surface area contributed by atoms with Crippen LogP contribution in [-0.4, -0.2) is 32.1 Å². The van der Waals surface area contributed by atoms with Gasteiger partial charge in [-0.15, -0.1) is 0 Å². The van der Waals surface area contributed by atoms with Crippen molar-refractivity contribution in [3.05, 3.63) is 47.2 Å². The first-order chi connectivity index (χ1) is 11.5. The van der Waals surface area contributed by atoms with Crippen LogP contribution in [0, 0.1) is 22.7 Å². The van der Waals surface area contributed by atoms with Crippen LogP contribution in [0.4, 0.5) is 0 Å². The van der Waals surface area contributed by atoms with Crippen LogP contribution >= 0.6 is 0 Å². The third-order valence-corrected chi connectivity index (χ3v) is 3.70. The molecule has 1 heterocycles. The quantitative estimate of drug-likeness (QED) is 0.845. The number of rotatable bonds is 4. The molecular weight excluding hydrogens is 312 g/mol. The summed E-state index contributed by atoms with van der Waals surface area (Å²) in [4.78, 5) is 23.9. The van der Waals surface area contributed by atoms with E-state index in [4.69, 9.17) is 14.9 Å². The predicted molar refractivity (Wildman–Crippen MR) is 82.8 cm³/mol. The van der Waals surface area contributed by atoms with Crippen molar-refractivity contribution in [3.63, 3.8) is 0 Å². The Labute approximate surface area is 138 Å². The molecule has 0 spiro atoms. The van der Waals surface area contributed by atoms with Gasteiger partial charge in [0.15, 0.2) is 0 Å². The molecule has 0 fully saturated rings. The minimum Gasteiger partial charge on any atom is -0.469 e. The summed E-state index contributed by atoms with van der Waals surface area (Å²) in [6.07, 6.45) is -0.329. The Bertz CT molecular complexity index is 733. The summed E-state index contributed by atoms with van der Waals surface area (Å²) in [5, 5.41) is 17.4. The molecule has 1 aromatic carbocycles. The van der Waals surface area contributed by atoms with Gasteiger partial charge in [-0.3, -0.25) is 10.2 Å². The summed E-state index contributed by atoms with van der Waals surface area (Å²) in [5.41, 5.74) is 0.705. The molecule has 0 aromatic heterocycles. The van der Waals surface area contributed by atoms with Crippen LogP contribution in [0.1, 0.15) is 17.9 Å². The highest BCUT2D eigenvalue weighted by atomic mass is 16.5. The zero-order chi connectivity index (χ0) is 17.7. The number of hydrogen-bond donors (Lipinski definition) is 1. The maximum Gasteiger partial charge on any atom is 0.337 e. The highest BCUT2D eigenvalue weighted by Crippen LogP contribution is 2.40. The molecule has 7 heteroatoms. The minimum absolute atomic E-state index is 0.0287. The van der Waals surface area contributed by atoms with Gasteiger partial charge in [-0.25, -0.2) is 4.79 Å². The standard InChI is InChI=1S/C17H16N2O5/c1-22-13(20)8-12-15(17(21)23-2)14(10-6-4-3-5-7-10)11(9-18)16(19)24-12/h3-7,11,14,19H,8H2,1-2H3. The van der Waals surface area contributed by atoms with E-state index in [1.165, 1.54) is 14.2 Å². The molecule has 7 nitrogen and oxygen atoms in total. The molecule has 0 amide bonds. The van der Waals surface area contributed by atoms with Gasteiger partial charge >= 0.3 is 11.9 Å². The SMILES string of the molecule is COC(=O)CC1=C(C(=O)OC)C(c2ccccc2)C(C#N)C(=N)O1. The van der Waals surface area contributed by atoms with E-state index in [0.717, 1.165) is 0 Å². The summed E-state index contributed by atoms with van der Waals surface area (Å²) in [6.45, 7) is 0. The molecular formula is C17H16N2O5. The minimum atomic E-state index is -0.997. The van der Waals surface area contributed by atoms with E-state index in [1.807, 2.05) is 6.07 Å². The first-order valence-electron chi connectivity index (χ1n) is 7.12. The molecule has 1 N–H and O–H groups in total. The summed E-state index contributed by atoms with van der Waals surface area (Å²) < 4.78 is 14.7. The second-order valence-corrected chi connectivity index (χ2v) is 5.04. The Balaban J connectivity index is 2.64. The number of nitriles is 1. The highest BCUT2D eigenvalue weighted by Gasteiger charge is 2.42. The Morgan fingerprint density at radius 2 is 1.92 bits per heavy atom. The number of benzene rings is 1. The van der Waals surface area contributed by atoms with E-state index in [-0.39, 0.29) is 23.7 Å². The van der Waals surface area contributed by atoms with E-state index >= 15 is 0 Å². The van der Waals surface area contributed by atoms with Gasteiger partial charge in [-0.05, 0) is 5.56 Å². The molecule has 2 rings (SSSR count). The smallest absolute Gasteiger partial charge is 0.337 e. The molecule has 24 heavy (non-hydrogen) atoms. The van der Waals surface area contributed by atoms with E-state index in [2.05, 4.69) is 4.74 Å². The van der Waals surface area contributed by atoms with Crippen molar-refractivity contribution in [1.29, 1.82) is 10.7 Å². The number of ether oxygens (including phenoxy) is 3. The number of esters is 2. The largest absolute Gasteiger partial charge is 0.469 e. The Morgan fingerprint density at radius 3 is 2.46 bits per heavy atom. The maximum absolute atomic E-state index is 12.3. The summed E-state index contributed by atoms with van der Waals surface area (Å²) in [6, 6.07) is 10.8. The summed E-state index contributed by atoms with van der Waals surface area (Å²) >= 11 is 0. The summed E-state index contributed by atoms with van der Waals surface area (Å²) in [5.74, 6) is -3.44. The van der Waals surface area contributed by atoms with Crippen LogP contribution in [0.2, 0.25) is 0 Å². The van der Waals surface area contributed by atoms with Crippen molar-refractivity contribution in [2.24, 2.45) is 5.92 Å². The van der Waals surface area contributed by atoms with Gasteiger partial charge in [0.05, 0.1) is 25.9 Å². The van der Waals surface area contributed by atoms with Crippen LogP contribution in [0.25, 0.3) is 0 Å². The van der Waals surface area contributed by atoms with E-state index in [0.29, 0.717) is 5.56 Å². The fourth-order valence-corrected chi connectivity index (χ4v) is 2.58. The number of hydrogen-bond acceptors (Lipinski definition) is 7. The molecule has 0 saturated heterocycles. The molecule has 2 atom stereocenters. The van der Waals surface area contributed by atoms with E-state index in [1.54, 1.807) is 30.3 Å². The van der Waals surface area contributed by atoms with Crippen molar-refractivity contribution in [2.75, 3.05) is 14.2 Å². The number of methoxy groups -OCH3 is 2. The Kier molecular flexibility index (Phi) is 5.32. The van der Waals surface area contributed by atoms with Crippen molar-refractivity contribution >= 4 is 17.8 Å². The van der Waals surface area contributed by atoms with Gasteiger partial charge < -0.3 is 14.2 Å². The van der Waals surface area contributed by atoms with Crippen LogP contribution in [-0.2, 0) is 23.8 Å². The number of carbonyl (C=O) groups excluding carboxylic acids is 2. The lowest BCUT2D eigenvalue weighted by atomic mass is 9.78. The molecule has 124 valence electrons. The van der Waals surface area contributed by atoms with Gasteiger partial charge in [-0.2, -0.15) is 5.26 Å². The van der Waals surface area contributed by atoms with Crippen LogP contribution in [0.5, 0.6) is 0 Å². The molecule has 0 radical (unpaired) electrons. The van der Waals surface area contributed by atoms with Crippen LogP contribution in [0.15, 0.2) is 41.7 Å². The van der Waals surface area contributed by atoms with Crippen molar-refractivity contribution in [3.8, 4) is 6.07 Å². The van der Waals surface area contributed by atoms with Crippen LogP contribution < -0.4 is 0 Å². The van der Waals surface area contributed by atoms with Gasteiger partial charge in [0.25, 0.3) is 0 Å². The predicted octanol–water partition coefficient (Wildman–Crippen LogP) is 1.91. The second-order valence-electron chi connectivity index (χ2n) is 5.04. The fourth-order valence-electron chi connectivity index (χ4n) is 2.58. The lowest BCUT2D eigenvalue weighted by Crippen LogP contribution is -2.34. The van der Waals surface area contributed by atoms with Crippen molar-refractivity contribution in [1.82, 2.24) is 0 Å². The normalized spacial score (nSPS) is 20.0. The fraction of sp³-hybridized carbons (Fsp3) is 0.294. The molecule has 0 saturated carbocycles. The van der Waals surface area contributed by atoms with Crippen LogP contribution in [0.3, 0.4) is 0 Å². The van der Waals surface area contributed by atoms with Gasteiger partial charge in [0.1, 0.15) is 18.1 Å². The third kappa shape index (κ3) is 3.27. The average molecular weight is 328 g/mol. The lowest BCUT2D eigenvalue weighted by molar-refractivity contribution is -0.140. The Morgan fingerprint density at radius 1 is 1.25 bits per heavy atom. The average Bonchev–Trinajstić information content (AvgIpc) is 2.61. The van der Waals surface area contributed by atoms with Crippen molar-refractivity contribution < 1.29 is 23.8 Å². The number of carbonyl (C=O) groups is 2. The third-order valence-electron chi connectivity index (χ3n) is 3.70. The van der Waals surface area contributed by atoms with Gasteiger partial charge in [0, 0.05) is 5.92 Å². The monoisotopic (exact) mass is 328 g/mol. The lowest BCUT2D eigenvalue weighted by Gasteiger charge is -2.31. The Hall–Kier alpha value is -3.14. The second kappa shape index (κ2) is 7.42. The number of nitrogens with zero attached hydrogens (tertiary/aromatic N) is 1. The highest BCUT2D eigenvalue weighted by molar-refractivity contribution is 5.96. The topological polar surface area (TPSA) is 109 Å². The molecule has 1 aromatic rings. The zero-order valence-electron chi connectivity index (χ0n) is 13.2. The molecule has 0 bridgehead atoms. The molecule has 1 aliphatic rings. The van der Waals surface area contributed by atoms with Gasteiger partial charge in [0.2, 0.25) is 5.90 Å². The van der Waals surface area contributed by atoms with Gasteiger partial charge in [-0.1, -0.05) is 30.3 Å².